The van der Waals surface area contributed by atoms with E-state index in [9.17, 15) is 0 Å². The first-order valence-electron chi connectivity index (χ1n) is 10.3. The van der Waals surface area contributed by atoms with Crippen LogP contribution in [0.5, 0.6) is 0 Å². The molecule has 2 aromatic rings. The van der Waals surface area contributed by atoms with Crippen molar-refractivity contribution in [1.82, 2.24) is 9.80 Å². The molecule has 0 spiro atoms. The van der Waals surface area contributed by atoms with Crippen molar-refractivity contribution < 1.29 is 0 Å². The van der Waals surface area contributed by atoms with Crippen LogP contribution in [0.25, 0.3) is 5.57 Å². The third-order valence-electron chi connectivity index (χ3n) is 5.85. The molecule has 2 rings (SSSR count). The topological polar surface area (TPSA) is 6.48 Å². The van der Waals surface area contributed by atoms with Gasteiger partial charge in [-0.1, -0.05) is 94.1 Å². The third kappa shape index (κ3) is 4.98. The lowest BCUT2D eigenvalue weighted by Crippen LogP contribution is -2.64. The molecule has 0 saturated heterocycles. The second-order valence-electron chi connectivity index (χ2n) is 7.28. The summed E-state index contributed by atoms with van der Waals surface area (Å²) in [6.45, 7) is 20.3. The highest BCUT2D eigenvalue weighted by Gasteiger charge is 2.35. The van der Waals surface area contributed by atoms with Crippen molar-refractivity contribution in [1.29, 1.82) is 0 Å². The molecule has 146 valence electrons. The van der Waals surface area contributed by atoms with E-state index in [1.165, 1.54) is 16.3 Å². The van der Waals surface area contributed by atoms with Gasteiger partial charge in [-0.15, -0.1) is 0 Å². The Balaban J connectivity index is 2.25. The highest BCUT2D eigenvalue weighted by Crippen LogP contribution is 2.22. The van der Waals surface area contributed by atoms with Gasteiger partial charge < -0.3 is 0 Å². The van der Waals surface area contributed by atoms with Gasteiger partial charge in [0.2, 0.25) is 0 Å². The van der Waals surface area contributed by atoms with Crippen molar-refractivity contribution in [3.8, 4) is 0 Å². The lowest BCUT2D eigenvalue weighted by molar-refractivity contribution is 0.0313. The van der Waals surface area contributed by atoms with Crippen LogP contribution >= 0.6 is 0 Å². The van der Waals surface area contributed by atoms with Crippen LogP contribution in [0.2, 0.25) is 0 Å². The van der Waals surface area contributed by atoms with Crippen LogP contribution in [0.3, 0.4) is 0 Å². The molecular formula is C24H36N2Si. The first-order valence-corrected chi connectivity index (χ1v) is 11.7. The minimum Gasteiger partial charge on any atom is -0.289 e. The average Bonchev–Trinajstić information content (AvgIpc) is 2.70. The molecule has 0 aliphatic carbocycles. The van der Waals surface area contributed by atoms with E-state index in [1.807, 2.05) is 6.07 Å². The van der Waals surface area contributed by atoms with Crippen molar-refractivity contribution in [2.75, 3.05) is 26.2 Å². The van der Waals surface area contributed by atoms with Gasteiger partial charge in [0.05, 0.1) is 14.8 Å². The molecule has 0 heterocycles. The highest BCUT2D eigenvalue weighted by atomic mass is 28.2. The second kappa shape index (κ2) is 10.0. The van der Waals surface area contributed by atoms with Crippen molar-refractivity contribution >= 4 is 20.3 Å². The molecule has 2 nitrogen and oxygen atoms in total. The number of nitrogens with zero attached hydrogens (tertiary/aromatic N) is 2. The van der Waals surface area contributed by atoms with Gasteiger partial charge >= 0.3 is 0 Å². The molecule has 3 heteroatoms. The van der Waals surface area contributed by atoms with E-state index in [4.69, 9.17) is 0 Å². The fourth-order valence-electron chi connectivity index (χ4n) is 4.25. The van der Waals surface area contributed by atoms with E-state index in [2.05, 4.69) is 99.5 Å². The Bertz CT molecular complexity index is 689. The summed E-state index contributed by atoms with van der Waals surface area (Å²) in [5.41, 5.74) is 3.50. The summed E-state index contributed by atoms with van der Waals surface area (Å²) in [6, 6.07) is 19.6. The Labute approximate surface area is 168 Å². The Hall–Kier alpha value is -1.68. The van der Waals surface area contributed by atoms with Gasteiger partial charge in [0.1, 0.15) is 0 Å². The first-order chi connectivity index (χ1) is 13.0. The zero-order valence-corrected chi connectivity index (χ0v) is 19.2. The minimum atomic E-state index is -0.514. The second-order valence-corrected chi connectivity index (χ2v) is 9.79. The maximum Gasteiger partial charge on any atom is 0.0958 e. The summed E-state index contributed by atoms with van der Waals surface area (Å²) < 4.78 is 0. The Kier molecular flexibility index (Phi) is 8.02. The summed E-state index contributed by atoms with van der Waals surface area (Å²) >= 11 is 0. The van der Waals surface area contributed by atoms with Crippen LogP contribution in [0.1, 0.15) is 45.7 Å². The van der Waals surface area contributed by atoms with Gasteiger partial charge in [-0.05, 0) is 49.8 Å². The Morgan fingerprint density at radius 2 is 1.22 bits per heavy atom. The summed E-state index contributed by atoms with van der Waals surface area (Å²) in [5, 5.41) is 1.69. The number of hydrogen-bond acceptors (Lipinski definition) is 2. The molecular weight excluding hydrogens is 344 g/mol. The molecule has 0 aliphatic rings. The zero-order chi connectivity index (χ0) is 19.9. The number of rotatable bonds is 10. The van der Waals surface area contributed by atoms with E-state index in [0.717, 1.165) is 31.8 Å². The Morgan fingerprint density at radius 1 is 0.778 bits per heavy atom. The fourth-order valence-corrected chi connectivity index (χ4v) is 6.84. The molecule has 0 bridgehead atoms. The molecule has 0 fully saturated rings. The van der Waals surface area contributed by atoms with Gasteiger partial charge in [0.25, 0.3) is 0 Å². The smallest absolute Gasteiger partial charge is 0.0958 e. The summed E-state index contributed by atoms with van der Waals surface area (Å²) in [7, 11) is -0.514. The largest absolute Gasteiger partial charge is 0.289 e. The summed E-state index contributed by atoms with van der Waals surface area (Å²) in [5.74, 6) is 0. The minimum absolute atomic E-state index is 0.172. The molecule has 2 aromatic carbocycles. The lowest BCUT2D eigenvalue weighted by Gasteiger charge is -2.48. The third-order valence-corrected chi connectivity index (χ3v) is 8.30. The van der Waals surface area contributed by atoms with Crippen LogP contribution in [0.4, 0.5) is 0 Å². The van der Waals surface area contributed by atoms with Crippen molar-refractivity contribution in [3.63, 3.8) is 0 Å². The SMILES string of the molecule is C=C(c1ccccc1)c1ccc([SiH2]C(C)(N(CC)CC)N(CC)CC)cc1. The van der Waals surface area contributed by atoms with Gasteiger partial charge in [-0.25, -0.2) is 0 Å². The molecule has 0 unspecified atom stereocenters. The number of hydrogen-bond donors (Lipinski definition) is 0. The van der Waals surface area contributed by atoms with Gasteiger partial charge in [-0.3, -0.25) is 9.80 Å². The van der Waals surface area contributed by atoms with Gasteiger partial charge in [0, 0.05) is 0 Å². The van der Waals surface area contributed by atoms with Crippen molar-refractivity contribution in [2.45, 2.75) is 39.9 Å². The molecule has 0 radical (unpaired) electrons. The zero-order valence-electron chi connectivity index (χ0n) is 17.8. The molecule has 0 saturated carbocycles. The van der Waals surface area contributed by atoms with E-state index >= 15 is 0 Å². The highest BCUT2D eigenvalue weighted by molar-refractivity contribution is 6.56. The maximum atomic E-state index is 4.30. The summed E-state index contributed by atoms with van der Waals surface area (Å²) in [6.07, 6.45) is 0. The molecule has 0 aliphatic heterocycles. The predicted molar refractivity (Wildman–Crippen MR) is 123 cm³/mol. The van der Waals surface area contributed by atoms with Gasteiger partial charge in [0.15, 0.2) is 0 Å². The fraction of sp³-hybridized carbons (Fsp3) is 0.417. The molecule has 0 N–H and O–H groups in total. The van der Waals surface area contributed by atoms with E-state index in [-0.39, 0.29) is 5.29 Å². The van der Waals surface area contributed by atoms with E-state index < -0.39 is 9.52 Å². The van der Waals surface area contributed by atoms with E-state index in [0.29, 0.717) is 0 Å². The van der Waals surface area contributed by atoms with Crippen molar-refractivity contribution in [3.05, 3.63) is 72.3 Å². The standard InChI is InChI=1S/C24H36N2Si/c1-7-25(8-2)24(6,26(9-3)10-4)27-23-18-16-22(17-19-23)20(5)21-14-12-11-13-15-21/h11-19H,5,7-10,27H2,1-4,6H3. The predicted octanol–water partition coefficient (Wildman–Crippen LogP) is 3.90. The van der Waals surface area contributed by atoms with Crippen molar-refractivity contribution in [2.24, 2.45) is 0 Å². The maximum absolute atomic E-state index is 4.30. The van der Waals surface area contributed by atoms with Crippen LogP contribution in [-0.4, -0.2) is 50.8 Å². The van der Waals surface area contributed by atoms with Crippen LogP contribution in [0, 0.1) is 0 Å². The van der Waals surface area contributed by atoms with E-state index in [1.54, 1.807) is 0 Å². The molecule has 0 amide bonds. The summed E-state index contributed by atoms with van der Waals surface area (Å²) in [4.78, 5) is 5.28. The normalized spacial score (nSPS) is 12.4. The monoisotopic (exact) mass is 380 g/mol. The lowest BCUT2D eigenvalue weighted by atomic mass is 10.00. The first kappa shape index (κ1) is 21.6. The van der Waals surface area contributed by atoms with Crippen LogP contribution in [-0.2, 0) is 0 Å². The quantitative estimate of drug-likeness (QED) is 0.456. The average molecular weight is 381 g/mol. The number of benzene rings is 2. The molecule has 0 atom stereocenters. The molecule has 0 aromatic heterocycles. The van der Waals surface area contributed by atoms with Crippen LogP contribution < -0.4 is 5.19 Å². The molecule has 27 heavy (non-hydrogen) atoms. The van der Waals surface area contributed by atoms with Gasteiger partial charge in [-0.2, -0.15) is 0 Å². The Morgan fingerprint density at radius 3 is 1.67 bits per heavy atom. The van der Waals surface area contributed by atoms with Crippen LogP contribution in [0.15, 0.2) is 61.2 Å².